The van der Waals surface area contributed by atoms with Crippen LogP contribution >= 0.6 is 11.6 Å². The van der Waals surface area contributed by atoms with E-state index in [-0.39, 0.29) is 6.04 Å². The van der Waals surface area contributed by atoms with Gasteiger partial charge in [-0.05, 0) is 24.1 Å². The second-order valence-corrected chi connectivity index (χ2v) is 4.30. The van der Waals surface area contributed by atoms with E-state index >= 15 is 0 Å². The van der Waals surface area contributed by atoms with E-state index in [2.05, 4.69) is 4.90 Å². The lowest BCUT2D eigenvalue weighted by atomic mass is 9.98. The summed E-state index contributed by atoms with van der Waals surface area (Å²) in [6.45, 7) is 0.871. The van der Waals surface area contributed by atoms with Gasteiger partial charge in [-0.3, -0.25) is 0 Å². The number of anilines is 1. The topological polar surface area (TPSA) is 38.5 Å². The van der Waals surface area contributed by atoms with Crippen molar-refractivity contribution >= 4 is 17.3 Å². The van der Waals surface area contributed by atoms with Crippen LogP contribution < -0.4 is 15.4 Å². The van der Waals surface area contributed by atoms with Gasteiger partial charge in [-0.15, -0.1) is 0 Å². The number of nitrogens with two attached hydrogens (primary N) is 1. The Morgan fingerprint density at radius 1 is 1.53 bits per heavy atom. The molecule has 0 saturated heterocycles. The van der Waals surface area contributed by atoms with E-state index < -0.39 is 0 Å². The van der Waals surface area contributed by atoms with E-state index in [0.717, 1.165) is 30.0 Å². The zero-order valence-electron chi connectivity index (χ0n) is 8.96. The van der Waals surface area contributed by atoms with Crippen molar-refractivity contribution in [3.8, 4) is 5.75 Å². The third kappa shape index (κ3) is 1.77. The lowest BCUT2D eigenvalue weighted by Gasteiger charge is -2.32. The monoisotopic (exact) mass is 226 g/mol. The molecule has 0 radical (unpaired) electrons. The molecular weight excluding hydrogens is 212 g/mol. The number of rotatable bonds is 1. The summed E-state index contributed by atoms with van der Waals surface area (Å²) in [5.74, 6) is 0.720. The van der Waals surface area contributed by atoms with Crippen LogP contribution in [0.4, 0.5) is 5.69 Å². The highest BCUT2D eigenvalue weighted by Crippen LogP contribution is 2.37. The van der Waals surface area contributed by atoms with Crippen molar-refractivity contribution in [1.82, 2.24) is 0 Å². The Kier molecular flexibility index (Phi) is 2.76. The Morgan fingerprint density at radius 2 is 2.27 bits per heavy atom. The molecule has 4 heteroatoms. The molecule has 3 nitrogen and oxygen atoms in total. The molecule has 1 aliphatic heterocycles. The van der Waals surface area contributed by atoms with Crippen LogP contribution in [0.1, 0.15) is 5.56 Å². The summed E-state index contributed by atoms with van der Waals surface area (Å²) < 4.78 is 5.19. The summed E-state index contributed by atoms with van der Waals surface area (Å²) in [4.78, 5) is 2.13. The van der Waals surface area contributed by atoms with Crippen LogP contribution in [-0.2, 0) is 6.42 Å². The Hall–Kier alpha value is -0.930. The zero-order chi connectivity index (χ0) is 11.0. The first-order valence-corrected chi connectivity index (χ1v) is 5.33. The van der Waals surface area contributed by atoms with E-state index in [1.54, 1.807) is 7.11 Å². The fourth-order valence-electron chi connectivity index (χ4n) is 2.08. The second-order valence-electron chi connectivity index (χ2n) is 3.92. The van der Waals surface area contributed by atoms with Crippen molar-refractivity contribution in [1.29, 1.82) is 0 Å². The van der Waals surface area contributed by atoms with Crippen molar-refractivity contribution in [2.75, 3.05) is 25.6 Å². The summed E-state index contributed by atoms with van der Waals surface area (Å²) in [5, 5.41) is 0.692. The average molecular weight is 227 g/mol. The molecule has 1 aromatic carbocycles. The molecule has 82 valence electrons. The maximum atomic E-state index is 6.25. The number of halogens is 1. The molecule has 0 saturated carbocycles. The van der Waals surface area contributed by atoms with Gasteiger partial charge in [0.05, 0.1) is 12.1 Å². The van der Waals surface area contributed by atoms with Gasteiger partial charge in [0.25, 0.3) is 0 Å². The molecule has 1 aromatic rings. The molecule has 0 aromatic heterocycles. The van der Waals surface area contributed by atoms with Crippen molar-refractivity contribution in [3.63, 3.8) is 0 Å². The van der Waals surface area contributed by atoms with Gasteiger partial charge in [-0.2, -0.15) is 0 Å². The van der Waals surface area contributed by atoms with Gasteiger partial charge in [-0.25, -0.2) is 0 Å². The molecule has 15 heavy (non-hydrogen) atoms. The molecule has 1 unspecified atom stereocenters. The number of benzene rings is 1. The van der Waals surface area contributed by atoms with Crippen LogP contribution in [0.3, 0.4) is 0 Å². The molecule has 0 aliphatic carbocycles. The maximum Gasteiger partial charge on any atom is 0.137 e. The fraction of sp³-hybridized carbons (Fsp3) is 0.455. The first-order valence-electron chi connectivity index (χ1n) is 4.95. The van der Waals surface area contributed by atoms with Crippen molar-refractivity contribution in [2.45, 2.75) is 12.5 Å². The SMILES string of the molecule is COc1ccc2c(c1Cl)CC(N)CN2C. The van der Waals surface area contributed by atoms with E-state index in [1.807, 2.05) is 19.2 Å². The summed E-state index contributed by atoms with van der Waals surface area (Å²) in [6.07, 6.45) is 0.815. The van der Waals surface area contributed by atoms with E-state index in [0.29, 0.717) is 5.02 Å². The second kappa shape index (κ2) is 3.91. The summed E-state index contributed by atoms with van der Waals surface area (Å²) >= 11 is 6.25. The fourth-order valence-corrected chi connectivity index (χ4v) is 2.39. The predicted octanol–water partition coefficient (Wildman–Crippen LogP) is 1.67. The normalized spacial score (nSPS) is 20.0. The van der Waals surface area contributed by atoms with Crippen LogP contribution in [0.5, 0.6) is 5.75 Å². The van der Waals surface area contributed by atoms with Gasteiger partial charge in [0, 0.05) is 25.3 Å². The highest BCUT2D eigenvalue weighted by molar-refractivity contribution is 6.33. The summed E-state index contributed by atoms with van der Waals surface area (Å²) in [5.41, 5.74) is 8.21. The highest BCUT2D eigenvalue weighted by atomic mass is 35.5. The smallest absolute Gasteiger partial charge is 0.137 e. The van der Waals surface area contributed by atoms with Gasteiger partial charge < -0.3 is 15.4 Å². The van der Waals surface area contributed by atoms with Gasteiger partial charge in [0.15, 0.2) is 0 Å². The minimum atomic E-state index is 0.145. The van der Waals surface area contributed by atoms with Crippen molar-refractivity contribution < 1.29 is 4.74 Å². The minimum absolute atomic E-state index is 0.145. The van der Waals surface area contributed by atoms with E-state index in [4.69, 9.17) is 22.1 Å². The van der Waals surface area contributed by atoms with Gasteiger partial charge in [0.2, 0.25) is 0 Å². The molecule has 1 aliphatic rings. The Morgan fingerprint density at radius 3 is 2.93 bits per heavy atom. The molecule has 2 rings (SSSR count). The Balaban J connectivity index is 2.51. The van der Waals surface area contributed by atoms with Gasteiger partial charge >= 0.3 is 0 Å². The van der Waals surface area contributed by atoms with Crippen molar-refractivity contribution in [3.05, 3.63) is 22.7 Å². The highest BCUT2D eigenvalue weighted by Gasteiger charge is 2.23. The Labute approximate surface area is 94.8 Å². The molecule has 1 heterocycles. The van der Waals surface area contributed by atoms with Crippen molar-refractivity contribution in [2.24, 2.45) is 5.73 Å². The molecule has 0 spiro atoms. The number of fused-ring (bicyclic) bond motifs is 1. The summed E-state index contributed by atoms with van der Waals surface area (Å²) in [7, 11) is 3.65. The number of nitrogens with zero attached hydrogens (tertiary/aromatic N) is 1. The Bertz CT molecular complexity index is 381. The quantitative estimate of drug-likeness (QED) is 0.792. The predicted molar refractivity (Wildman–Crippen MR) is 63.0 cm³/mol. The number of ether oxygens (including phenoxy) is 1. The number of likely N-dealkylation sites (N-methyl/N-ethyl adjacent to an activating group) is 1. The van der Waals surface area contributed by atoms with Gasteiger partial charge in [-0.1, -0.05) is 11.6 Å². The van der Waals surface area contributed by atoms with Crippen LogP contribution in [0.25, 0.3) is 0 Å². The maximum absolute atomic E-state index is 6.25. The standard InChI is InChI=1S/C11H15ClN2O/c1-14-6-7(13)5-8-9(14)3-4-10(15-2)11(8)12/h3-4,7H,5-6,13H2,1-2H3. The molecule has 2 N–H and O–H groups in total. The zero-order valence-corrected chi connectivity index (χ0v) is 9.71. The van der Waals surface area contributed by atoms with Crippen LogP contribution in [-0.4, -0.2) is 26.7 Å². The number of hydrogen-bond acceptors (Lipinski definition) is 3. The van der Waals surface area contributed by atoms with E-state index in [9.17, 15) is 0 Å². The van der Waals surface area contributed by atoms with Crippen LogP contribution in [0, 0.1) is 0 Å². The number of methoxy groups -OCH3 is 1. The molecule has 0 amide bonds. The van der Waals surface area contributed by atoms with Crippen LogP contribution in [0.15, 0.2) is 12.1 Å². The van der Waals surface area contributed by atoms with Gasteiger partial charge in [0.1, 0.15) is 5.75 Å². The number of hydrogen-bond donors (Lipinski definition) is 1. The lowest BCUT2D eigenvalue weighted by molar-refractivity contribution is 0.414. The molecule has 0 bridgehead atoms. The lowest BCUT2D eigenvalue weighted by Crippen LogP contribution is -2.41. The molecule has 0 fully saturated rings. The van der Waals surface area contributed by atoms with Crippen LogP contribution in [0.2, 0.25) is 5.02 Å². The largest absolute Gasteiger partial charge is 0.495 e. The molecule has 1 atom stereocenters. The van der Waals surface area contributed by atoms with E-state index in [1.165, 1.54) is 0 Å². The third-order valence-corrected chi connectivity index (χ3v) is 3.20. The molecular formula is C11H15ClN2O. The first-order chi connectivity index (χ1) is 7.13. The minimum Gasteiger partial charge on any atom is -0.495 e. The summed E-state index contributed by atoms with van der Waals surface area (Å²) in [6, 6.07) is 4.08. The first kappa shape index (κ1) is 10.6. The average Bonchev–Trinajstić information content (AvgIpc) is 2.19. The third-order valence-electron chi connectivity index (χ3n) is 2.79.